The number of hydrogen-bond donors (Lipinski definition) is 1. The van der Waals surface area contributed by atoms with Gasteiger partial charge in [-0.2, -0.15) is 0 Å². The third-order valence-electron chi connectivity index (χ3n) is 2.87. The van der Waals surface area contributed by atoms with Gasteiger partial charge in [0.15, 0.2) is 21.5 Å². The van der Waals surface area contributed by atoms with Gasteiger partial charge in [-0.3, -0.25) is 0 Å². The van der Waals surface area contributed by atoms with Gasteiger partial charge in [0, 0.05) is 18.4 Å². The van der Waals surface area contributed by atoms with Crippen LogP contribution in [0.5, 0.6) is 0 Å². The van der Waals surface area contributed by atoms with Crippen molar-refractivity contribution in [1.29, 1.82) is 0 Å². The first kappa shape index (κ1) is 15.4. The van der Waals surface area contributed by atoms with Crippen LogP contribution in [-0.4, -0.2) is 14.7 Å². The molecule has 0 aromatic heterocycles. The molecule has 0 bridgehead atoms. The highest BCUT2D eigenvalue weighted by molar-refractivity contribution is 7.90. The van der Waals surface area contributed by atoms with Crippen LogP contribution in [0.4, 0.5) is 18.9 Å². The summed E-state index contributed by atoms with van der Waals surface area (Å²) in [5.74, 6) is -2.71. The molecular weight excluding hydrogens is 303 g/mol. The summed E-state index contributed by atoms with van der Waals surface area (Å²) < 4.78 is 63.0. The van der Waals surface area contributed by atoms with Crippen molar-refractivity contribution in [2.75, 3.05) is 11.6 Å². The number of rotatable bonds is 4. The first-order chi connectivity index (χ1) is 9.79. The van der Waals surface area contributed by atoms with Gasteiger partial charge < -0.3 is 5.32 Å². The third-order valence-corrected chi connectivity index (χ3v) is 3.98. The standard InChI is InChI=1S/C14H12F3NO2S/c1-21(19,20)10-5-6-11(15)13(7-10)18-8-9-3-2-4-12(16)14(9)17/h2-7,18H,8H2,1H3. The average molecular weight is 315 g/mol. The molecule has 2 aromatic rings. The summed E-state index contributed by atoms with van der Waals surface area (Å²) in [7, 11) is -3.48. The van der Waals surface area contributed by atoms with Crippen LogP contribution in [-0.2, 0) is 16.4 Å². The second kappa shape index (κ2) is 5.77. The Morgan fingerprint density at radius 2 is 1.76 bits per heavy atom. The van der Waals surface area contributed by atoms with Crippen LogP contribution >= 0.6 is 0 Å². The van der Waals surface area contributed by atoms with Crippen molar-refractivity contribution in [3.8, 4) is 0 Å². The van der Waals surface area contributed by atoms with Gasteiger partial charge in [-0.15, -0.1) is 0 Å². The van der Waals surface area contributed by atoms with Crippen molar-refractivity contribution < 1.29 is 21.6 Å². The summed E-state index contributed by atoms with van der Waals surface area (Å²) in [6.45, 7) is -0.173. The molecule has 0 radical (unpaired) electrons. The maximum Gasteiger partial charge on any atom is 0.175 e. The van der Waals surface area contributed by atoms with Gasteiger partial charge >= 0.3 is 0 Å². The van der Waals surface area contributed by atoms with E-state index >= 15 is 0 Å². The highest BCUT2D eigenvalue weighted by Crippen LogP contribution is 2.21. The molecule has 112 valence electrons. The Labute approximate surface area is 120 Å². The van der Waals surface area contributed by atoms with Crippen LogP contribution in [0.25, 0.3) is 0 Å². The monoisotopic (exact) mass is 315 g/mol. The van der Waals surface area contributed by atoms with E-state index in [1.807, 2.05) is 0 Å². The number of benzene rings is 2. The van der Waals surface area contributed by atoms with Crippen molar-refractivity contribution in [2.24, 2.45) is 0 Å². The summed E-state index contributed by atoms with van der Waals surface area (Å²) in [6, 6.07) is 6.91. The van der Waals surface area contributed by atoms with E-state index in [4.69, 9.17) is 0 Å². The Morgan fingerprint density at radius 1 is 1.05 bits per heavy atom. The minimum atomic E-state index is -3.48. The summed E-state index contributed by atoms with van der Waals surface area (Å²) in [6.07, 6.45) is 0.996. The number of sulfone groups is 1. The number of hydrogen-bond acceptors (Lipinski definition) is 3. The van der Waals surface area contributed by atoms with Crippen LogP contribution < -0.4 is 5.32 Å². The van der Waals surface area contributed by atoms with Gasteiger partial charge in [0.25, 0.3) is 0 Å². The molecule has 3 nitrogen and oxygen atoms in total. The highest BCUT2D eigenvalue weighted by Gasteiger charge is 2.12. The van der Waals surface area contributed by atoms with Gasteiger partial charge in [0.1, 0.15) is 5.82 Å². The van der Waals surface area contributed by atoms with E-state index in [2.05, 4.69) is 5.32 Å². The van der Waals surface area contributed by atoms with E-state index in [0.29, 0.717) is 0 Å². The fourth-order valence-corrected chi connectivity index (χ4v) is 2.39. The molecule has 0 aliphatic rings. The highest BCUT2D eigenvalue weighted by atomic mass is 32.2. The van der Waals surface area contributed by atoms with Gasteiger partial charge in [0.2, 0.25) is 0 Å². The largest absolute Gasteiger partial charge is 0.378 e. The molecule has 0 aliphatic heterocycles. The Hall–Kier alpha value is -2.02. The second-order valence-corrected chi connectivity index (χ2v) is 6.50. The third kappa shape index (κ3) is 3.55. The second-order valence-electron chi connectivity index (χ2n) is 4.48. The molecule has 0 aliphatic carbocycles. The lowest BCUT2D eigenvalue weighted by molar-refractivity contribution is 0.500. The molecule has 0 spiro atoms. The Morgan fingerprint density at radius 3 is 2.43 bits per heavy atom. The number of nitrogens with one attached hydrogen (secondary N) is 1. The molecular formula is C14H12F3NO2S. The smallest absolute Gasteiger partial charge is 0.175 e. The SMILES string of the molecule is CS(=O)(=O)c1ccc(F)c(NCc2cccc(F)c2F)c1. The average Bonchev–Trinajstić information content (AvgIpc) is 2.40. The number of anilines is 1. The predicted octanol–water partition coefficient (Wildman–Crippen LogP) is 3.12. The molecule has 2 rings (SSSR count). The molecule has 0 fully saturated rings. The van der Waals surface area contributed by atoms with E-state index in [0.717, 1.165) is 30.5 Å². The zero-order valence-corrected chi connectivity index (χ0v) is 11.8. The zero-order chi connectivity index (χ0) is 15.6. The molecule has 0 saturated heterocycles. The van der Waals surface area contributed by atoms with E-state index in [9.17, 15) is 21.6 Å². The van der Waals surface area contributed by atoms with Crippen LogP contribution in [0.2, 0.25) is 0 Å². The van der Waals surface area contributed by atoms with E-state index in [-0.39, 0.29) is 22.7 Å². The first-order valence-electron chi connectivity index (χ1n) is 5.95. The molecule has 21 heavy (non-hydrogen) atoms. The lowest BCUT2D eigenvalue weighted by Gasteiger charge is -2.10. The van der Waals surface area contributed by atoms with Crippen LogP contribution in [0, 0.1) is 17.5 Å². The molecule has 0 atom stereocenters. The van der Waals surface area contributed by atoms with Crippen molar-refractivity contribution in [3.05, 3.63) is 59.4 Å². The molecule has 2 aromatic carbocycles. The molecule has 1 N–H and O–H groups in total. The minimum absolute atomic E-state index is 0.0131. The van der Waals surface area contributed by atoms with E-state index in [1.165, 1.54) is 12.1 Å². The Kier molecular flexibility index (Phi) is 4.22. The summed E-state index contributed by atoms with van der Waals surface area (Å²) in [5, 5.41) is 2.56. The summed E-state index contributed by atoms with van der Waals surface area (Å²) in [5.41, 5.74) is -0.0826. The van der Waals surface area contributed by atoms with Crippen LogP contribution in [0.1, 0.15) is 5.56 Å². The van der Waals surface area contributed by atoms with Gasteiger partial charge in [0.05, 0.1) is 10.6 Å². The topological polar surface area (TPSA) is 46.2 Å². The maximum absolute atomic E-state index is 13.6. The fraction of sp³-hybridized carbons (Fsp3) is 0.143. The maximum atomic E-state index is 13.6. The van der Waals surface area contributed by atoms with Crippen molar-refractivity contribution >= 4 is 15.5 Å². The van der Waals surface area contributed by atoms with Gasteiger partial charge in [-0.25, -0.2) is 21.6 Å². The Bertz CT molecular complexity index is 776. The molecule has 7 heteroatoms. The molecule has 0 saturated carbocycles. The van der Waals surface area contributed by atoms with E-state index < -0.39 is 27.3 Å². The van der Waals surface area contributed by atoms with Crippen LogP contribution in [0.15, 0.2) is 41.3 Å². The Balaban J connectivity index is 2.26. The lowest BCUT2D eigenvalue weighted by Crippen LogP contribution is -2.06. The number of halogens is 3. The van der Waals surface area contributed by atoms with Crippen molar-refractivity contribution in [3.63, 3.8) is 0 Å². The molecule has 0 unspecified atom stereocenters. The fourth-order valence-electron chi connectivity index (χ4n) is 1.75. The van der Waals surface area contributed by atoms with Gasteiger partial charge in [-0.1, -0.05) is 12.1 Å². The van der Waals surface area contributed by atoms with Crippen molar-refractivity contribution in [1.82, 2.24) is 0 Å². The van der Waals surface area contributed by atoms with Crippen LogP contribution in [0.3, 0.4) is 0 Å². The van der Waals surface area contributed by atoms with E-state index in [1.54, 1.807) is 0 Å². The predicted molar refractivity (Wildman–Crippen MR) is 73.2 cm³/mol. The lowest BCUT2D eigenvalue weighted by atomic mass is 10.2. The quantitative estimate of drug-likeness (QED) is 0.882. The normalized spacial score (nSPS) is 11.4. The van der Waals surface area contributed by atoms with Gasteiger partial charge in [-0.05, 0) is 24.3 Å². The molecule has 0 amide bonds. The molecule has 0 heterocycles. The summed E-state index contributed by atoms with van der Waals surface area (Å²) >= 11 is 0. The zero-order valence-electron chi connectivity index (χ0n) is 11.0. The summed E-state index contributed by atoms with van der Waals surface area (Å²) in [4.78, 5) is -0.0638. The first-order valence-corrected chi connectivity index (χ1v) is 7.84. The van der Waals surface area contributed by atoms with Crippen molar-refractivity contribution in [2.45, 2.75) is 11.4 Å². The minimum Gasteiger partial charge on any atom is -0.378 e.